The van der Waals surface area contributed by atoms with E-state index in [0.29, 0.717) is 25.5 Å². The smallest absolute Gasteiger partial charge is 0.466 e. The van der Waals surface area contributed by atoms with Gasteiger partial charge in [0.2, 0.25) is 0 Å². The first-order valence-electron chi connectivity index (χ1n) is 7.61. The van der Waals surface area contributed by atoms with Crippen LogP contribution < -0.4 is 10.1 Å². The van der Waals surface area contributed by atoms with E-state index in [1.165, 1.54) is 12.1 Å². The standard InChI is InChI=1S/C16H20F3NO3/c1-2-22-15(21)9-14(12-5-6-12)20-10-11-3-7-13(8-4-11)23-16(17,18)19/h3-4,7-8,12,14,20H,2,5-6,9-10H2,1H3. The molecule has 4 nitrogen and oxygen atoms in total. The van der Waals surface area contributed by atoms with Crippen molar-refractivity contribution in [3.8, 4) is 5.75 Å². The van der Waals surface area contributed by atoms with Crippen molar-refractivity contribution in [2.75, 3.05) is 6.61 Å². The van der Waals surface area contributed by atoms with Gasteiger partial charge >= 0.3 is 12.3 Å². The van der Waals surface area contributed by atoms with Crippen molar-refractivity contribution in [3.63, 3.8) is 0 Å². The van der Waals surface area contributed by atoms with E-state index in [-0.39, 0.29) is 17.8 Å². The van der Waals surface area contributed by atoms with Crippen LogP contribution >= 0.6 is 0 Å². The molecule has 0 heterocycles. The Balaban J connectivity index is 1.84. The van der Waals surface area contributed by atoms with E-state index in [4.69, 9.17) is 4.74 Å². The molecule has 1 unspecified atom stereocenters. The Bertz CT molecular complexity index is 512. The van der Waals surface area contributed by atoms with Gasteiger partial charge in [-0.2, -0.15) is 0 Å². The van der Waals surface area contributed by atoms with Crippen molar-refractivity contribution >= 4 is 5.97 Å². The summed E-state index contributed by atoms with van der Waals surface area (Å²) in [5.41, 5.74) is 0.828. The van der Waals surface area contributed by atoms with Gasteiger partial charge in [0.05, 0.1) is 13.0 Å². The number of alkyl halides is 3. The molecular formula is C16H20F3NO3. The predicted octanol–water partition coefficient (Wildman–Crippen LogP) is 3.41. The van der Waals surface area contributed by atoms with Crippen LogP contribution in [0.5, 0.6) is 5.75 Å². The van der Waals surface area contributed by atoms with Crippen molar-refractivity contribution in [2.24, 2.45) is 5.92 Å². The maximum Gasteiger partial charge on any atom is 0.573 e. The van der Waals surface area contributed by atoms with Crippen molar-refractivity contribution < 1.29 is 27.4 Å². The third-order valence-electron chi connectivity index (χ3n) is 3.61. The summed E-state index contributed by atoms with van der Waals surface area (Å²) in [5, 5.41) is 3.29. The molecule has 0 aromatic heterocycles. The summed E-state index contributed by atoms with van der Waals surface area (Å²) in [6.07, 6.45) is -2.21. The number of esters is 1. The molecule has 0 bridgehead atoms. The Morgan fingerprint density at radius 1 is 1.30 bits per heavy atom. The Labute approximate surface area is 133 Å². The zero-order valence-electron chi connectivity index (χ0n) is 12.9. The second kappa shape index (κ2) is 7.68. The first-order valence-corrected chi connectivity index (χ1v) is 7.61. The number of rotatable bonds is 8. The molecule has 0 saturated heterocycles. The van der Waals surface area contributed by atoms with Gasteiger partial charge in [-0.25, -0.2) is 0 Å². The highest BCUT2D eigenvalue weighted by Gasteiger charge is 2.33. The molecule has 0 aliphatic heterocycles. The number of hydrogen-bond acceptors (Lipinski definition) is 4. The first-order chi connectivity index (χ1) is 10.9. The van der Waals surface area contributed by atoms with Crippen molar-refractivity contribution in [1.29, 1.82) is 0 Å². The minimum atomic E-state index is -4.68. The largest absolute Gasteiger partial charge is 0.573 e. The van der Waals surface area contributed by atoms with Gasteiger partial charge in [-0.3, -0.25) is 4.79 Å². The number of halogens is 3. The Morgan fingerprint density at radius 2 is 1.96 bits per heavy atom. The topological polar surface area (TPSA) is 47.6 Å². The first kappa shape index (κ1) is 17.6. The van der Waals surface area contributed by atoms with E-state index in [1.54, 1.807) is 19.1 Å². The molecule has 1 fully saturated rings. The molecule has 1 N–H and O–H groups in total. The lowest BCUT2D eigenvalue weighted by Gasteiger charge is -2.17. The maximum absolute atomic E-state index is 12.1. The third kappa shape index (κ3) is 6.48. The van der Waals surface area contributed by atoms with Crippen LogP contribution in [0.4, 0.5) is 13.2 Å². The van der Waals surface area contributed by atoms with Crippen LogP contribution in [0.15, 0.2) is 24.3 Å². The Morgan fingerprint density at radius 3 is 2.48 bits per heavy atom. The zero-order valence-corrected chi connectivity index (χ0v) is 12.9. The molecule has 1 saturated carbocycles. The van der Waals surface area contributed by atoms with Crippen LogP contribution in [0.25, 0.3) is 0 Å². The molecule has 0 amide bonds. The predicted molar refractivity (Wildman–Crippen MR) is 77.7 cm³/mol. The lowest BCUT2D eigenvalue weighted by molar-refractivity contribution is -0.274. The summed E-state index contributed by atoms with van der Waals surface area (Å²) >= 11 is 0. The zero-order chi connectivity index (χ0) is 16.9. The number of ether oxygens (including phenoxy) is 2. The number of benzene rings is 1. The van der Waals surface area contributed by atoms with Crippen molar-refractivity contribution in [1.82, 2.24) is 5.32 Å². The highest BCUT2D eigenvalue weighted by atomic mass is 19.4. The van der Waals surface area contributed by atoms with Crippen LogP contribution in [0.2, 0.25) is 0 Å². The molecule has 128 valence electrons. The summed E-state index contributed by atoms with van der Waals surface area (Å²) < 4.78 is 45.1. The average Bonchev–Trinajstić information content (AvgIpc) is 3.28. The lowest BCUT2D eigenvalue weighted by Crippen LogP contribution is -2.33. The molecule has 1 aliphatic rings. The van der Waals surface area contributed by atoms with Gasteiger partial charge in [0.15, 0.2) is 0 Å². The van der Waals surface area contributed by atoms with Gasteiger partial charge in [0.1, 0.15) is 5.75 Å². The van der Waals surface area contributed by atoms with Crippen molar-refractivity contribution in [2.45, 2.75) is 45.1 Å². The van der Waals surface area contributed by atoms with Crippen LogP contribution in [-0.2, 0) is 16.1 Å². The summed E-state index contributed by atoms with van der Waals surface area (Å²) in [6, 6.07) is 5.74. The Kier molecular flexibility index (Phi) is 5.87. The molecule has 7 heteroatoms. The van der Waals surface area contributed by atoms with Gasteiger partial charge in [-0.05, 0) is 43.4 Å². The van der Waals surface area contributed by atoms with Gasteiger partial charge in [-0.15, -0.1) is 13.2 Å². The van der Waals surface area contributed by atoms with Crippen molar-refractivity contribution in [3.05, 3.63) is 29.8 Å². The van der Waals surface area contributed by atoms with Crippen LogP contribution in [0, 0.1) is 5.92 Å². The molecule has 0 spiro atoms. The average molecular weight is 331 g/mol. The minimum absolute atomic E-state index is 0.0418. The summed E-state index contributed by atoms with van der Waals surface area (Å²) in [5.74, 6) is -0.00964. The van der Waals surface area contributed by atoms with Gasteiger partial charge < -0.3 is 14.8 Å². The van der Waals surface area contributed by atoms with E-state index >= 15 is 0 Å². The fraction of sp³-hybridized carbons (Fsp3) is 0.562. The number of hydrogen-bond donors (Lipinski definition) is 1. The summed E-state index contributed by atoms with van der Waals surface area (Å²) in [6.45, 7) is 2.60. The Hall–Kier alpha value is -1.76. The highest BCUT2D eigenvalue weighted by molar-refractivity contribution is 5.70. The molecule has 1 aromatic carbocycles. The quantitative estimate of drug-likeness (QED) is 0.742. The summed E-state index contributed by atoms with van der Waals surface area (Å²) in [4.78, 5) is 11.6. The minimum Gasteiger partial charge on any atom is -0.466 e. The van der Waals surface area contributed by atoms with Gasteiger partial charge in [0.25, 0.3) is 0 Å². The molecule has 1 atom stereocenters. The molecular weight excluding hydrogens is 311 g/mol. The fourth-order valence-electron chi connectivity index (χ4n) is 2.36. The SMILES string of the molecule is CCOC(=O)CC(NCc1ccc(OC(F)(F)F)cc1)C1CC1. The van der Waals surface area contributed by atoms with Crippen LogP contribution in [0.1, 0.15) is 31.7 Å². The number of carbonyl (C=O) groups excluding carboxylic acids is 1. The number of carbonyl (C=O) groups is 1. The molecule has 1 aromatic rings. The van der Waals surface area contributed by atoms with Crippen LogP contribution in [0.3, 0.4) is 0 Å². The van der Waals surface area contributed by atoms with Gasteiger partial charge in [-0.1, -0.05) is 12.1 Å². The number of nitrogens with one attached hydrogen (secondary N) is 1. The third-order valence-corrected chi connectivity index (χ3v) is 3.61. The second-order valence-electron chi connectivity index (χ2n) is 5.53. The second-order valence-corrected chi connectivity index (χ2v) is 5.53. The van der Waals surface area contributed by atoms with E-state index in [0.717, 1.165) is 18.4 Å². The van der Waals surface area contributed by atoms with E-state index < -0.39 is 6.36 Å². The normalized spacial score (nSPS) is 16.0. The molecule has 2 rings (SSSR count). The highest BCUT2D eigenvalue weighted by Crippen LogP contribution is 2.34. The van der Waals surface area contributed by atoms with E-state index in [1.807, 2.05) is 0 Å². The fourth-order valence-corrected chi connectivity index (χ4v) is 2.36. The van der Waals surface area contributed by atoms with E-state index in [9.17, 15) is 18.0 Å². The van der Waals surface area contributed by atoms with Crippen LogP contribution in [-0.4, -0.2) is 25.0 Å². The molecule has 23 heavy (non-hydrogen) atoms. The molecule has 1 aliphatic carbocycles. The lowest BCUT2D eigenvalue weighted by atomic mass is 10.1. The summed E-state index contributed by atoms with van der Waals surface area (Å²) in [7, 11) is 0. The van der Waals surface area contributed by atoms with E-state index in [2.05, 4.69) is 10.1 Å². The molecule has 0 radical (unpaired) electrons. The van der Waals surface area contributed by atoms with Gasteiger partial charge in [0, 0.05) is 12.6 Å². The maximum atomic E-state index is 12.1. The monoisotopic (exact) mass is 331 g/mol.